The lowest BCUT2D eigenvalue weighted by molar-refractivity contribution is 0.165. The number of allylic oxidation sites excluding steroid dienone is 1. The van der Waals surface area contributed by atoms with E-state index >= 15 is 0 Å². The van der Waals surface area contributed by atoms with Crippen molar-refractivity contribution in [2.24, 2.45) is 0 Å². The molecule has 0 amide bonds. The fraction of sp³-hybridized carbons (Fsp3) is 0.167. The van der Waals surface area contributed by atoms with Gasteiger partial charge in [-0.05, 0) is 12.3 Å². The summed E-state index contributed by atoms with van der Waals surface area (Å²) in [7, 11) is 0. The minimum absolute atomic E-state index is 0.198. The Kier molecular flexibility index (Phi) is 2.42. The van der Waals surface area contributed by atoms with E-state index in [0.717, 1.165) is 0 Å². The van der Waals surface area contributed by atoms with Gasteiger partial charge < -0.3 is 5.11 Å². The van der Waals surface area contributed by atoms with Crippen LogP contribution in [0.4, 0.5) is 0 Å². The first-order chi connectivity index (χ1) is 8.63. The average molecular weight is 262 g/mol. The third-order valence-electron chi connectivity index (χ3n) is 2.83. The molecule has 1 N–H and O–H groups in total. The first-order valence-corrected chi connectivity index (χ1v) is 6.23. The van der Waals surface area contributed by atoms with Crippen molar-refractivity contribution in [1.82, 2.24) is 9.72 Å². The Labute approximate surface area is 107 Å². The number of benzene rings is 1. The molecule has 1 aliphatic heterocycles. The molecule has 0 spiro atoms. The molecule has 0 radical (unpaired) electrons. The zero-order valence-corrected chi connectivity index (χ0v) is 10.3. The molecule has 1 aromatic heterocycles. The summed E-state index contributed by atoms with van der Waals surface area (Å²) in [6.45, 7) is 1.76. The summed E-state index contributed by atoms with van der Waals surface area (Å²) in [6, 6.07) is 9.07. The van der Waals surface area contributed by atoms with E-state index in [-0.39, 0.29) is 5.82 Å². The maximum absolute atomic E-state index is 11.6. The molecular weight excluding hydrogens is 252 g/mol. The summed E-state index contributed by atoms with van der Waals surface area (Å²) in [4.78, 5) is 10.2. The summed E-state index contributed by atoms with van der Waals surface area (Å²) >= 11 is 1.19. The van der Waals surface area contributed by atoms with Crippen molar-refractivity contribution < 1.29 is 9.63 Å². The van der Waals surface area contributed by atoms with Gasteiger partial charge in [-0.15, -0.1) is 0 Å². The van der Waals surface area contributed by atoms with Crippen LogP contribution >= 0.6 is 11.8 Å². The standard InChI is InChI=1S/C12H10N2O3S/c1-8-7-18-12(16,9-5-3-2-4-6-9)10-13-17-11(15)14(8)10/h2-7,16H,1H3/t12-/m0/s1. The van der Waals surface area contributed by atoms with Crippen LogP contribution in [0.5, 0.6) is 0 Å². The SMILES string of the molecule is CC1=CS[C@@](O)(c2ccccc2)c2noc(=O)n21. The van der Waals surface area contributed by atoms with Gasteiger partial charge in [0.05, 0.1) is 0 Å². The second-order valence-corrected chi connectivity index (χ2v) is 5.06. The largest absolute Gasteiger partial charge is 0.446 e. The second-order valence-electron chi connectivity index (χ2n) is 3.99. The van der Waals surface area contributed by atoms with Gasteiger partial charge >= 0.3 is 5.76 Å². The van der Waals surface area contributed by atoms with Gasteiger partial charge in [-0.1, -0.05) is 47.3 Å². The predicted octanol–water partition coefficient (Wildman–Crippen LogP) is 1.59. The number of hydrogen-bond acceptors (Lipinski definition) is 5. The molecule has 0 fully saturated rings. The van der Waals surface area contributed by atoms with Crippen LogP contribution in [0.1, 0.15) is 18.3 Å². The number of thioether (sulfide) groups is 1. The monoisotopic (exact) mass is 262 g/mol. The molecule has 6 heteroatoms. The van der Waals surface area contributed by atoms with Crippen LogP contribution in [-0.4, -0.2) is 14.8 Å². The molecule has 0 unspecified atom stereocenters. The molecule has 5 nitrogen and oxygen atoms in total. The molecule has 1 aliphatic rings. The fourth-order valence-electron chi connectivity index (χ4n) is 1.91. The second kappa shape index (κ2) is 3.86. The van der Waals surface area contributed by atoms with Gasteiger partial charge in [-0.3, -0.25) is 4.52 Å². The van der Waals surface area contributed by atoms with Gasteiger partial charge in [0, 0.05) is 11.3 Å². The molecule has 92 valence electrons. The van der Waals surface area contributed by atoms with Gasteiger partial charge in [-0.2, -0.15) is 0 Å². The Bertz CT molecular complexity index is 674. The Morgan fingerprint density at radius 2 is 2.11 bits per heavy atom. The summed E-state index contributed by atoms with van der Waals surface area (Å²) < 4.78 is 5.93. The highest BCUT2D eigenvalue weighted by atomic mass is 32.2. The van der Waals surface area contributed by atoms with E-state index in [4.69, 9.17) is 0 Å². The van der Waals surface area contributed by atoms with Crippen molar-refractivity contribution in [3.05, 3.63) is 57.7 Å². The summed E-state index contributed by atoms with van der Waals surface area (Å²) in [5.74, 6) is -0.392. The topological polar surface area (TPSA) is 68.3 Å². The molecule has 0 aliphatic carbocycles. The van der Waals surface area contributed by atoms with E-state index in [9.17, 15) is 9.90 Å². The van der Waals surface area contributed by atoms with E-state index in [1.807, 2.05) is 18.2 Å². The highest BCUT2D eigenvalue weighted by Crippen LogP contribution is 2.43. The van der Waals surface area contributed by atoms with E-state index < -0.39 is 10.7 Å². The van der Waals surface area contributed by atoms with Gasteiger partial charge in [0.15, 0.2) is 0 Å². The molecule has 1 atom stereocenters. The molecule has 0 bridgehead atoms. The van der Waals surface area contributed by atoms with Gasteiger partial charge in [0.2, 0.25) is 10.8 Å². The summed E-state index contributed by atoms with van der Waals surface area (Å²) in [5, 5.41) is 16.2. The first kappa shape index (κ1) is 11.3. The Morgan fingerprint density at radius 3 is 2.83 bits per heavy atom. The molecular formula is C12H10N2O3S. The number of nitrogens with zero attached hydrogens (tertiary/aromatic N) is 2. The zero-order chi connectivity index (χ0) is 12.8. The Morgan fingerprint density at radius 1 is 1.39 bits per heavy atom. The Balaban J connectivity index is 2.25. The minimum atomic E-state index is -1.40. The number of aromatic nitrogens is 2. The minimum Gasteiger partial charge on any atom is -0.368 e. The maximum atomic E-state index is 11.6. The van der Waals surface area contributed by atoms with Crippen molar-refractivity contribution in [1.29, 1.82) is 0 Å². The van der Waals surface area contributed by atoms with E-state index in [0.29, 0.717) is 11.3 Å². The highest BCUT2D eigenvalue weighted by Gasteiger charge is 2.41. The number of aliphatic hydroxyl groups is 1. The van der Waals surface area contributed by atoms with Gasteiger partial charge in [-0.25, -0.2) is 9.36 Å². The zero-order valence-electron chi connectivity index (χ0n) is 9.53. The van der Waals surface area contributed by atoms with Gasteiger partial charge in [0.1, 0.15) is 0 Å². The van der Waals surface area contributed by atoms with E-state index in [1.54, 1.807) is 24.5 Å². The van der Waals surface area contributed by atoms with Crippen molar-refractivity contribution in [2.45, 2.75) is 11.9 Å². The van der Waals surface area contributed by atoms with E-state index in [1.165, 1.54) is 16.3 Å². The van der Waals surface area contributed by atoms with Crippen LogP contribution < -0.4 is 5.76 Å². The normalized spacial score (nSPS) is 22.4. The van der Waals surface area contributed by atoms with Crippen molar-refractivity contribution in [3.8, 4) is 0 Å². The molecule has 2 aromatic rings. The van der Waals surface area contributed by atoms with Crippen LogP contribution in [0.25, 0.3) is 5.70 Å². The predicted molar refractivity (Wildman–Crippen MR) is 67.7 cm³/mol. The van der Waals surface area contributed by atoms with Crippen LogP contribution in [0, 0.1) is 0 Å². The third-order valence-corrected chi connectivity index (χ3v) is 4.04. The lowest BCUT2D eigenvalue weighted by atomic mass is 10.1. The van der Waals surface area contributed by atoms with E-state index in [2.05, 4.69) is 9.68 Å². The van der Waals surface area contributed by atoms with Crippen molar-refractivity contribution in [3.63, 3.8) is 0 Å². The molecule has 0 saturated heterocycles. The average Bonchev–Trinajstić information content (AvgIpc) is 2.79. The Hall–Kier alpha value is -1.79. The lowest BCUT2D eigenvalue weighted by Crippen LogP contribution is -2.32. The first-order valence-electron chi connectivity index (χ1n) is 5.35. The van der Waals surface area contributed by atoms with Gasteiger partial charge in [0.25, 0.3) is 0 Å². The molecule has 18 heavy (non-hydrogen) atoms. The molecule has 0 saturated carbocycles. The molecule has 1 aromatic carbocycles. The molecule has 2 heterocycles. The third kappa shape index (κ3) is 1.46. The highest BCUT2D eigenvalue weighted by molar-refractivity contribution is 8.03. The summed E-state index contributed by atoms with van der Waals surface area (Å²) in [6.07, 6.45) is 0. The fourth-order valence-corrected chi connectivity index (χ4v) is 2.86. The smallest absolute Gasteiger partial charge is 0.368 e. The van der Waals surface area contributed by atoms with Crippen LogP contribution in [0.15, 0.2) is 45.1 Å². The van der Waals surface area contributed by atoms with Crippen molar-refractivity contribution in [2.75, 3.05) is 0 Å². The van der Waals surface area contributed by atoms with Crippen LogP contribution in [0.2, 0.25) is 0 Å². The molecule has 3 rings (SSSR count). The van der Waals surface area contributed by atoms with Crippen molar-refractivity contribution >= 4 is 17.5 Å². The maximum Gasteiger partial charge on any atom is 0.446 e. The number of hydrogen-bond donors (Lipinski definition) is 1. The quantitative estimate of drug-likeness (QED) is 0.845. The number of fused-ring (bicyclic) bond motifs is 1. The van der Waals surface area contributed by atoms with Crippen LogP contribution in [-0.2, 0) is 4.93 Å². The summed E-state index contributed by atoms with van der Waals surface area (Å²) in [5.41, 5.74) is 1.34. The van der Waals surface area contributed by atoms with Crippen LogP contribution in [0.3, 0.4) is 0 Å². The number of rotatable bonds is 1. The lowest BCUT2D eigenvalue weighted by Gasteiger charge is -2.28.